The van der Waals surface area contributed by atoms with Gasteiger partial charge in [0, 0.05) is 6.54 Å². The summed E-state index contributed by atoms with van der Waals surface area (Å²) >= 11 is 0. The van der Waals surface area contributed by atoms with Crippen LogP contribution in [-0.4, -0.2) is 17.4 Å². The second-order valence-corrected chi connectivity index (χ2v) is 8.38. The molecular weight excluding hydrogens is 362 g/mol. The lowest BCUT2D eigenvalue weighted by Gasteiger charge is -2.23. The number of ether oxygens (including phenoxy) is 1. The normalized spacial score (nSPS) is 11.3. The predicted molar refractivity (Wildman–Crippen MR) is 115 cm³/mol. The summed E-state index contributed by atoms with van der Waals surface area (Å²) in [5, 5.41) is 0. The van der Waals surface area contributed by atoms with E-state index in [1.165, 1.54) is 5.56 Å². The van der Waals surface area contributed by atoms with Crippen LogP contribution in [0, 0.1) is 6.92 Å². The lowest BCUT2D eigenvalue weighted by Crippen LogP contribution is -2.34. The van der Waals surface area contributed by atoms with E-state index in [1.807, 2.05) is 43.3 Å². The van der Waals surface area contributed by atoms with Crippen LogP contribution >= 0.6 is 0 Å². The molecule has 0 saturated heterocycles. The Morgan fingerprint density at radius 3 is 2.24 bits per heavy atom. The van der Waals surface area contributed by atoms with Crippen LogP contribution in [0.2, 0.25) is 0 Å². The highest BCUT2D eigenvalue weighted by Gasteiger charge is 2.18. The Hall–Kier alpha value is -3.01. The number of benzene rings is 2. The Balaban J connectivity index is 1.69. The van der Waals surface area contributed by atoms with Gasteiger partial charge in [0.1, 0.15) is 11.5 Å². The van der Waals surface area contributed by atoms with Gasteiger partial charge in [-0.25, -0.2) is 0 Å². The molecule has 0 atom stereocenters. The van der Waals surface area contributed by atoms with Crippen molar-refractivity contribution in [3.63, 3.8) is 0 Å². The van der Waals surface area contributed by atoms with Gasteiger partial charge in [0.25, 0.3) is 5.91 Å². The van der Waals surface area contributed by atoms with Crippen LogP contribution in [0.4, 0.5) is 0 Å². The van der Waals surface area contributed by atoms with Crippen LogP contribution in [0.5, 0.6) is 5.75 Å². The van der Waals surface area contributed by atoms with E-state index in [-0.39, 0.29) is 17.9 Å². The molecule has 0 spiro atoms. The summed E-state index contributed by atoms with van der Waals surface area (Å²) in [7, 11) is 0. The third kappa shape index (κ3) is 5.98. The van der Waals surface area contributed by atoms with Crippen molar-refractivity contribution in [2.24, 2.45) is 0 Å². The topological polar surface area (TPSA) is 42.7 Å². The second-order valence-electron chi connectivity index (χ2n) is 8.38. The molecule has 4 heteroatoms. The molecule has 0 unspecified atom stereocenters. The highest BCUT2D eigenvalue weighted by Crippen LogP contribution is 2.23. The summed E-state index contributed by atoms with van der Waals surface area (Å²) in [6.45, 7) is 9.49. The average molecular weight is 392 g/mol. The number of nitrogens with zero attached hydrogens (tertiary/aromatic N) is 1. The van der Waals surface area contributed by atoms with Gasteiger partial charge in [-0.3, -0.25) is 4.79 Å². The van der Waals surface area contributed by atoms with Gasteiger partial charge in [-0.15, -0.1) is 0 Å². The fourth-order valence-electron chi connectivity index (χ4n) is 3.02. The fourth-order valence-corrected chi connectivity index (χ4v) is 3.02. The minimum absolute atomic E-state index is 0.0101. The molecule has 0 N–H and O–H groups in total. The van der Waals surface area contributed by atoms with E-state index >= 15 is 0 Å². The van der Waals surface area contributed by atoms with Crippen molar-refractivity contribution in [2.75, 3.05) is 6.61 Å². The van der Waals surface area contributed by atoms with Gasteiger partial charge in [-0.05, 0) is 47.7 Å². The summed E-state index contributed by atoms with van der Waals surface area (Å²) in [6.07, 6.45) is 1.62. The molecule has 0 aliphatic rings. The van der Waals surface area contributed by atoms with Gasteiger partial charge in [0.15, 0.2) is 6.61 Å². The molecule has 0 aliphatic carbocycles. The van der Waals surface area contributed by atoms with Crippen LogP contribution in [0.1, 0.15) is 43.2 Å². The van der Waals surface area contributed by atoms with Crippen LogP contribution in [0.25, 0.3) is 0 Å². The Morgan fingerprint density at radius 1 is 0.966 bits per heavy atom. The van der Waals surface area contributed by atoms with E-state index in [0.29, 0.717) is 18.8 Å². The molecule has 3 aromatic rings. The van der Waals surface area contributed by atoms with Crippen molar-refractivity contribution >= 4 is 5.91 Å². The maximum atomic E-state index is 12.9. The number of hydrogen-bond acceptors (Lipinski definition) is 3. The zero-order valence-corrected chi connectivity index (χ0v) is 17.6. The number of aryl methyl sites for hydroxylation is 1. The maximum absolute atomic E-state index is 12.9. The zero-order valence-electron chi connectivity index (χ0n) is 17.6. The first kappa shape index (κ1) is 20.7. The van der Waals surface area contributed by atoms with Crippen LogP contribution in [0.3, 0.4) is 0 Å². The first-order valence-corrected chi connectivity index (χ1v) is 9.90. The summed E-state index contributed by atoms with van der Waals surface area (Å²) in [4.78, 5) is 14.7. The first-order chi connectivity index (χ1) is 13.8. The fraction of sp³-hybridized carbons (Fsp3) is 0.320. The summed E-state index contributed by atoms with van der Waals surface area (Å²) in [5.41, 5.74) is 3.60. The summed E-state index contributed by atoms with van der Waals surface area (Å²) < 4.78 is 11.2. The minimum Gasteiger partial charge on any atom is -0.484 e. The van der Waals surface area contributed by atoms with Gasteiger partial charge < -0.3 is 14.1 Å². The third-order valence-corrected chi connectivity index (χ3v) is 4.86. The molecule has 152 valence electrons. The quantitative estimate of drug-likeness (QED) is 0.535. The number of amides is 1. The van der Waals surface area contributed by atoms with Gasteiger partial charge in [-0.2, -0.15) is 0 Å². The maximum Gasteiger partial charge on any atom is 0.261 e. The largest absolute Gasteiger partial charge is 0.484 e. The number of carbonyl (C=O) groups is 1. The molecule has 1 aromatic heterocycles. The predicted octanol–water partition coefficient (Wildman–Crippen LogP) is 5.49. The molecule has 3 rings (SSSR count). The lowest BCUT2D eigenvalue weighted by molar-refractivity contribution is -0.134. The molecule has 4 nitrogen and oxygen atoms in total. The van der Waals surface area contributed by atoms with Crippen molar-refractivity contribution in [1.29, 1.82) is 0 Å². The SMILES string of the molecule is Cc1ccc(OCC(=O)N(Cc2ccc(C(C)(C)C)cc2)Cc2ccco2)cc1. The Bertz CT molecular complexity index is 904. The van der Waals surface area contributed by atoms with Crippen molar-refractivity contribution in [1.82, 2.24) is 4.90 Å². The van der Waals surface area contributed by atoms with E-state index in [4.69, 9.17) is 9.15 Å². The molecule has 1 amide bonds. The van der Waals surface area contributed by atoms with E-state index < -0.39 is 0 Å². The molecule has 2 aromatic carbocycles. The van der Waals surface area contributed by atoms with E-state index in [2.05, 4.69) is 45.0 Å². The van der Waals surface area contributed by atoms with Crippen LogP contribution in [0.15, 0.2) is 71.3 Å². The number of hydrogen-bond donors (Lipinski definition) is 0. The van der Waals surface area contributed by atoms with Gasteiger partial charge in [0.2, 0.25) is 0 Å². The third-order valence-electron chi connectivity index (χ3n) is 4.86. The lowest BCUT2D eigenvalue weighted by atomic mass is 9.87. The smallest absolute Gasteiger partial charge is 0.261 e. The van der Waals surface area contributed by atoms with Crippen molar-refractivity contribution in [3.05, 3.63) is 89.4 Å². The molecular formula is C25H29NO3. The number of furan rings is 1. The summed E-state index contributed by atoms with van der Waals surface area (Å²) in [6, 6.07) is 19.8. The molecule has 1 heterocycles. The van der Waals surface area contributed by atoms with E-state index in [9.17, 15) is 4.79 Å². The zero-order chi connectivity index (χ0) is 20.9. The van der Waals surface area contributed by atoms with Gasteiger partial charge >= 0.3 is 0 Å². The average Bonchev–Trinajstić information content (AvgIpc) is 3.20. The first-order valence-electron chi connectivity index (χ1n) is 9.90. The molecule has 0 saturated carbocycles. The van der Waals surface area contributed by atoms with Crippen LogP contribution < -0.4 is 4.74 Å². The highest BCUT2D eigenvalue weighted by molar-refractivity contribution is 5.77. The standard InChI is InChI=1S/C25H29NO3/c1-19-7-13-22(14-8-19)29-18-24(27)26(17-23-6-5-15-28-23)16-20-9-11-21(12-10-20)25(2,3)4/h5-15H,16-18H2,1-4H3. The van der Waals surface area contributed by atoms with Gasteiger partial charge in [-0.1, -0.05) is 62.7 Å². The Kier molecular flexibility index (Phi) is 6.42. The monoisotopic (exact) mass is 391 g/mol. The van der Waals surface area contributed by atoms with Crippen molar-refractivity contribution < 1.29 is 13.9 Å². The number of rotatable bonds is 7. The number of carbonyl (C=O) groups excluding carboxylic acids is 1. The summed E-state index contributed by atoms with van der Waals surface area (Å²) in [5.74, 6) is 1.36. The minimum atomic E-state index is -0.0816. The van der Waals surface area contributed by atoms with Crippen molar-refractivity contribution in [3.8, 4) is 5.75 Å². The molecule has 29 heavy (non-hydrogen) atoms. The van der Waals surface area contributed by atoms with Crippen LogP contribution in [-0.2, 0) is 23.3 Å². The Labute approximate surface area is 173 Å². The van der Waals surface area contributed by atoms with E-state index in [1.54, 1.807) is 11.2 Å². The highest BCUT2D eigenvalue weighted by atomic mass is 16.5. The Morgan fingerprint density at radius 2 is 1.66 bits per heavy atom. The molecule has 0 bridgehead atoms. The molecule has 0 aliphatic heterocycles. The molecule has 0 fully saturated rings. The van der Waals surface area contributed by atoms with Gasteiger partial charge in [0.05, 0.1) is 12.8 Å². The molecule has 0 radical (unpaired) electrons. The second kappa shape index (κ2) is 8.99. The van der Waals surface area contributed by atoms with E-state index in [0.717, 1.165) is 16.9 Å². The van der Waals surface area contributed by atoms with Crippen molar-refractivity contribution in [2.45, 2.75) is 46.2 Å².